The molecule has 1 aromatic carbocycles. The van der Waals surface area contributed by atoms with Crippen molar-refractivity contribution in [3.05, 3.63) is 23.8 Å². The van der Waals surface area contributed by atoms with Crippen molar-refractivity contribution < 1.29 is 22.3 Å². The largest absolute Gasteiger partial charge is 0.497 e. The Morgan fingerprint density at radius 2 is 2.10 bits per heavy atom. The van der Waals surface area contributed by atoms with Crippen LogP contribution >= 0.6 is 0 Å². The fourth-order valence-corrected chi connectivity index (χ4v) is 3.70. The van der Waals surface area contributed by atoms with Crippen molar-refractivity contribution in [2.45, 2.75) is 24.9 Å². The molecule has 1 aliphatic heterocycles. The number of rotatable bonds is 4. The molecule has 1 fully saturated rings. The van der Waals surface area contributed by atoms with Gasteiger partial charge in [0.05, 0.1) is 14.2 Å². The molecule has 0 radical (unpaired) electrons. The van der Waals surface area contributed by atoms with Crippen LogP contribution < -0.4 is 9.47 Å². The number of nitrogens with zero attached hydrogens (tertiary/aromatic N) is 1. The summed E-state index contributed by atoms with van der Waals surface area (Å²) < 4.78 is 48.9. The first-order valence-corrected chi connectivity index (χ1v) is 7.83. The third kappa shape index (κ3) is 2.88. The second-order valence-electron chi connectivity index (χ2n) is 4.61. The molecule has 20 heavy (non-hydrogen) atoms. The standard InChI is InChI=1S/C13H18FNO4S/c1-18-11-6-5-10(12(8-11)19-2)9-15-7-3-4-13(14)20(15,16)17/h5-6,8,13H,3-4,7,9H2,1-2H3. The van der Waals surface area contributed by atoms with Crippen LogP contribution in [0.3, 0.4) is 0 Å². The molecule has 0 aromatic heterocycles. The quantitative estimate of drug-likeness (QED) is 0.853. The molecule has 1 atom stereocenters. The van der Waals surface area contributed by atoms with E-state index in [2.05, 4.69) is 0 Å². The molecule has 0 amide bonds. The molecule has 1 aliphatic rings. The zero-order valence-corrected chi connectivity index (χ0v) is 12.3. The van der Waals surface area contributed by atoms with Gasteiger partial charge in [-0.2, -0.15) is 4.31 Å². The van der Waals surface area contributed by atoms with Crippen LogP contribution in [0.1, 0.15) is 18.4 Å². The smallest absolute Gasteiger partial charge is 0.246 e. The Morgan fingerprint density at radius 3 is 2.75 bits per heavy atom. The van der Waals surface area contributed by atoms with Gasteiger partial charge in [0, 0.05) is 24.7 Å². The maximum absolute atomic E-state index is 13.5. The molecule has 0 saturated carbocycles. The molecule has 2 rings (SSSR count). The summed E-state index contributed by atoms with van der Waals surface area (Å²) in [6, 6.07) is 5.13. The van der Waals surface area contributed by atoms with Gasteiger partial charge in [-0.3, -0.25) is 0 Å². The van der Waals surface area contributed by atoms with Crippen molar-refractivity contribution in [2.24, 2.45) is 0 Å². The third-order valence-corrected chi connectivity index (χ3v) is 5.28. The summed E-state index contributed by atoms with van der Waals surface area (Å²) in [4.78, 5) is 0. The van der Waals surface area contributed by atoms with Crippen LogP contribution in [-0.2, 0) is 16.6 Å². The number of alkyl halides is 1. The number of halogens is 1. The highest BCUT2D eigenvalue weighted by atomic mass is 32.2. The molecule has 0 N–H and O–H groups in total. The highest BCUT2D eigenvalue weighted by molar-refractivity contribution is 7.89. The maximum Gasteiger partial charge on any atom is 0.246 e. The fourth-order valence-electron chi connectivity index (χ4n) is 2.21. The Kier molecular flexibility index (Phi) is 4.49. The molecule has 0 bridgehead atoms. The van der Waals surface area contributed by atoms with Crippen molar-refractivity contribution >= 4 is 10.0 Å². The fraction of sp³-hybridized carbons (Fsp3) is 0.538. The van der Waals surface area contributed by atoms with E-state index in [1.807, 2.05) is 0 Å². The minimum Gasteiger partial charge on any atom is -0.497 e. The first-order chi connectivity index (χ1) is 9.48. The predicted molar refractivity (Wildman–Crippen MR) is 73.0 cm³/mol. The average molecular weight is 303 g/mol. The van der Waals surface area contributed by atoms with E-state index in [1.54, 1.807) is 18.2 Å². The first kappa shape index (κ1) is 15.1. The maximum atomic E-state index is 13.5. The summed E-state index contributed by atoms with van der Waals surface area (Å²) in [7, 11) is -0.821. The molecule has 112 valence electrons. The molecule has 1 saturated heterocycles. The Balaban J connectivity index is 2.25. The summed E-state index contributed by atoms with van der Waals surface area (Å²) in [6.45, 7) is 0.438. The normalized spacial score (nSPS) is 22.4. The zero-order valence-electron chi connectivity index (χ0n) is 11.5. The average Bonchev–Trinajstić information content (AvgIpc) is 2.44. The lowest BCUT2D eigenvalue weighted by molar-refractivity contribution is 0.290. The molecule has 1 unspecified atom stereocenters. The van der Waals surface area contributed by atoms with Crippen molar-refractivity contribution in [3.8, 4) is 11.5 Å². The van der Waals surface area contributed by atoms with Gasteiger partial charge in [-0.25, -0.2) is 12.8 Å². The highest BCUT2D eigenvalue weighted by Crippen LogP contribution is 2.29. The lowest BCUT2D eigenvalue weighted by Gasteiger charge is -2.29. The Bertz CT molecular complexity index is 576. The van der Waals surface area contributed by atoms with E-state index < -0.39 is 15.5 Å². The first-order valence-electron chi connectivity index (χ1n) is 6.33. The van der Waals surface area contributed by atoms with Gasteiger partial charge in [0.15, 0.2) is 0 Å². The lowest BCUT2D eigenvalue weighted by atomic mass is 10.2. The monoisotopic (exact) mass is 303 g/mol. The predicted octanol–water partition coefficient (Wildman–Crippen LogP) is 1.93. The minimum absolute atomic E-state index is 0.0680. The van der Waals surface area contributed by atoms with E-state index in [0.717, 1.165) is 0 Å². The van der Waals surface area contributed by atoms with Crippen LogP contribution in [0.5, 0.6) is 11.5 Å². The number of ether oxygens (including phenoxy) is 2. The van der Waals surface area contributed by atoms with E-state index >= 15 is 0 Å². The van der Waals surface area contributed by atoms with Crippen LogP contribution in [0, 0.1) is 0 Å². The molecule has 1 aromatic rings. The van der Waals surface area contributed by atoms with Crippen LogP contribution in [0.15, 0.2) is 18.2 Å². The van der Waals surface area contributed by atoms with Gasteiger partial charge in [0.1, 0.15) is 11.5 Å². The van der Waals surface area contributed by atoms with Gasteiger partial charge >= 0.3 is 0 Å². The van der Waals surface area contributed by atoms with Gasteiger partial charge in [-0.15, -0.1) is 0 Å². The van der Waals surface area contributed by atoms with Crippen LogP contribution in [-0.4, -0.2) is 39.0 Å². The van der Waals surface area contributed by atoms with Crippen molar-refractivity contribution in [2.75, 3.05) is 20.8 Å². The molecular weight excluding hydrogens is 285 g/mol. The van der Waals surface area contributed by atoms with E-state index in [-0.39, 0.29) is 13.0 Å². The Labute approximate surface area is 118 Å². The number of sulfonamides is 1. The Morgan fingerprint density at radius 1 is 1.35 bits per heavy atom. The summed E-state index contributed by atoms with van der Waals surface area (Å²) in [5.41, 5.74) is -1.12. The summed E-state index contributed by atoms with van der Waals surface area (Å²) in [6.07, 6.45) is 0.595. The number of hydrogen-bond acceptors (Lipinski definition) is 4. The van der Waals surface area contributed by atoms with Gasteiger partial charge in [-0.1, -0.05) is 6.07 Å². The number of benzene rings is 1. The molecule has 0 aliphatic carbocycles. The highest BCUT2D eigenvalue weighted by Gasteiger charge is 2.36. The van der Waals surface area contributed by atoms with Gasteiger partial charge < -0.3 is 9.47 Å². The molecule has 0 spiro atoms. The Hall–Kier alpha value is -1.34. The molecule has 5 nitrogen and oxygen atoms in total. The summed E-state index contributed by atoms with van der Waals surface area (Å²) in [5, 5.41) is 0. The summed E-state index contributed by atoms with van der Waals surface area (Å²) in [5.74, 6) is 1.15. The van der Waals surface area contributed by atoms with E-state index in [1.165, 1.54) is 18.5 Å². The number of hydrogen-bond donors (Lipinski definition) is 0. The van der Waals surface area contributed by atoms with Gasteiger partial charge in [0.2, 0.25) is 15.5 Å². The summed E-state index contributed by atoms with van der Waals surface area (Å²) >= 11 is 0. The third-order valence-electron chi connectivity index (χ3n) is 3.36. The van der Waals surface area contributed by atoms with Crippen LogP contribution in [0.25, 0.3) is 0 Å². The minimum atomic E-state index is -3.86. The van der Waals surface area contributed by atoms with Crippen LogP contribution in [0.4, 0.5) is 4.39 Å². The second-order valence-corrected chi connectivity index (χ2v) is 6.67. The van der Waals surface area contributed by atoms with Gasteiger partial charge in [-0.05, 0) is 18.9 Å². The van der Waals surface area contributed by atoms with Crippen LogP contribution in [0.2, 0.25) is 0 Å². The van der Waals surface area contributed by atoms with Gasteiger partial charge in [0.25, 0.3) is 0 Å². The van der Waals surface area contributed by atoms with E-state index in [0.29, 0.717) is 30.0 Å². The van der Waals surface area contributed by atoms with E-state index in [4.69, 9.17) is 9.47 Å². The number of methoxy groups -OCH3 is 2. The second kappa shape index (κ2) is 5.97. The molecular formula is C13H18FNO4S. The van der Waals surface area contributed by atoms with Crippen molar-refractivity contribution in [1.29, 1.82) is 0 Å². The molecule has 7 heteroatoms. The lowest BCUT2D eigenvalue weighted by Crippen LogP contribution is -2.41. The zero-order chi connectivity index (χ0) is 14.8. The van der Waals surface area contributed by atoms with E-state index in [9.17, 15) is 12.8 Å². The SMILES string of the molecule is COc1ccc(CN2CCCC(F)S2(=O)=O)c(OC)c1. The topological polar surface area (TPSA) is 55.8 Å². The van der Waals surface area contributed by atoms with Crippen molar-refractivity contribution in [3.63, 3.8) is 0 Å². The molecule has 1 heterocycles. The van der Waals surface area contributed by atoms with Crippen molar-refractivity contribution in [1.82, 2.24) is 4.31 Å².